The number of nitrogens with one attached hydrogen (secondary N) is 1. The zero-order chi connectivity index (χ0) is 15.7. The fourth-order valence-electron chi connectivity index (χ4n) is 3.03. The zero-order valence-corrected chi connectivity index (χ0v) is 14.3. The minimum atomic E-state index is 0.318. The summed E-state index contributed by atoms with van der Waals surface area (Å²) in [5.41, 5.74) is 5.50. The number of aromatic nitrogens is 2. The second kappa shape index (κ2) is 6.05. The first-order valence-electron chi connectivity index (χ1n) is 7.56. The van der Waals surface area contributed by atoms with E-state index in [0.29, 0.717) is 6.04 Å². The van der Waals surface area contributed by atoms with Crippen LogP contribution in [0.3, 0.4) is 0 Å². The number of anilines is 1. The van der Waals surface area contributed by atoms with E-state index < -0.39 is 0 Å². The molecular formula is C18H21N3S. The van der Waals surface area contributed by atoms with Gasteiger partial charge in [0.05, 0.1) is 5.39 Å². The Bertz CT molecular complexity index is 784. The predicted molar refractivity (Wildman–Crippen MR) is 94.9 cm³/mol. The molecule has 3 nitrogen and oxygen atoms in total. The first-order chi connectivity index (χ1) is 10.5. The molecule has 3 rings (SSSR count). The van der Waals surface area contributed by atoms with Gasteiger partial charge in [0.2, 0.25) is 0 Å². The van der Waals surface area contributed by atoms with Gasteiger partial charge < -0.3 is 5.32 Å². The average Bonchev–Trinajstić information content (AvgIpc) is 2.92. The molecule has 4 heteroatoms. The topological polar surface area (TPSA) is 37.8 Å². The predicted octanol–water partition coefficient (Wildman–Crippen LogP) is 4.66. The van der Waals surface area contributed by atoms with Crippen LogP contribution in [-0.2, 0) is 6.42 Å². The molecule has 0 saturated heterocycles. The Balaban J connectivity index is 1.81. The van der Waals surface area contributed by atoms with Crippen LogP contribution >= 0.6 is 11.3 Å². The van der Waals surface area contributed by atoms with Crippen LogP contribution in [0.25, 0.3) is 10.2 Å². The molecule has 22 heavy (non-hydrogen) atoms. The van der Waals surface area contributed by atoms with E-state index in [2.05, 4.69) is 66.6 Å². The van der Waals surface area contributed by atoms with Crippen molar-refractivity contribution in [3.8, 4) is 0 Å². The van der Waals surface area contributed by atoms with Gasteiger partial charge in [-0.05, 0) is 62.3 Å². The molecule has 0 saturated carbocycles. The number of aryl methyl sites for hydroxylation is 3. The van der Waals surface area contributed by atoms with Crippen LogP contribution < -0.4 is 5.32 Å². The van der Waals surface area contributed by atoms with E-state index in [0.717, 1.165) is 22.5 Å². The van der Waals surface area contributed by atoms with Gasteiger partial charge in [-0.25, -0.2) is 9.97 Å². The van der Waals surface area contributed by atoms with Gasteiger partial charge in [0, 0.05) is 6.04 Å². The van der Waals surface area contributed by atoms with Gasteiger partial charge >= 0.3 is 0 Å². The smallest absolute Gasteiger partial charge is 0.138 e. The standard InChI is InChI=1S/C18H21N3S/c1-11-7-12(2)16(13(3)8-11)9-14(4)21-17-15-5-6-22-18(15)20-10-19-17/h5-8,10,14H,9H2,1-4H3,(H,19,20,21). The minimum absolute atomic E-state index is 0.318. The number of rotatable bonds is 4. The Labute approximate surface area is 135 Å². The lowest BCUT2D eigenvalue weighted by Crippen LogP contribution is -2.20. The van der Waals surface area contributed by atoms with Crippen molar-refractivity contribution < 1.29 is 0 Å². The third kappa shape index (κ3) is 2.97. The van der Waals surface area contributed by atoms with Crippen molar-refractivity contribution in [3.63, 3.8) is 0 Å². The van der Waals surface area contributed by atoms with Gasteiger partial charge in [-0.2, -0.15) is 0 Å². The zero-order valence-electron chi connectivity index (χ0n) is 13.5. The Morgan fingerprint density at radius 2 is 1.86 bits per heavy atom. The summed E-state index contributed by atoms with van der Waals surface area (Å²) in [6.07, 6.45) is 2.63. The second-order valence-electron chi connectivity index (χ2n) is 5.99. The van der Waals surface area contributed by atoms with E-state index in [4.69, 9.17) is 0 Å². The van der Waals surface area contributed by atoms with Crippen molar-refractivity contribution in [2.75, 3.05) is 5.32 Å². The van der Waals surface area contributed by atoms with Gasteiger partial charge in [-0.15, -0.1) is 11.3 Å². The summed E-state index contributed by atoms with van der Waals surface area (Å²) in [5, 5.41) is 6.71. The molecule has 1 N–H and O–H groups in total. The van der Waals surface area contributed by atoms with E-state index >= 15 is 0 Å². The number of fused-ring (bicyclic) bond motifs is 1. The van der Waals surface area contributed by atoms with Crippen molar-refractivity contribution in [2.45, 2.75) is 40.2 Å². The van der Waals surface area contributed by atoms with Crippen LogP contribution in [0.2, 0.25) is 0 Å². The monoisotopic (exact) mass is 311 g/mol. The third-order valence-electron chi connectivity index (χ3n) is 4.00. The lowest BCUT2D eigenvalue weighted by atomic mass is 9.95. The maximum Gasteiger partial charge on any atom is 0.138 e. The van der Waals surface area contributed by atoms with Gasteiger partial charge in [-0.1, -0.05) is 17.7 Å². The normalized spacial score (nSPS) is 12.5. The molecule has 0 bridgehead atoms. The molecule has 0 amide bonds. The van der Waals surface area contributed by atoms with Crippen molar-refractivity contribution >= 4 is 27.4 Å². The van der Waals surface area contributed by atoms with Crippen LogP contribution in [0.1, 0.15) is 29.2 Å². The first kappa shape index (κ1) is 15.0. The number of nitrogens with zero attached hydrogens (tertiary/aromatic N) is 2. The summed E-state index contributed by atoms with van der Waals surface area (Å²) >= 11 is 1.65. The van der Waals surface area contributed by atoms with E-state index in [1.54, 1.807) is 17.7 Å². The van der Waals surface area contributed by atoms with E-state index in [1.807, 2.05) is 0 Å². The van der Waals surface area contributed by atoms with Crippen molar-refractivity contribution in [1.82, 2.24) is 9.97 Å². The third-order valence-corrected chi connectivity index (χ3v) is 4.82. The fraction of sp³-hybridized carbons (Fsp3) is 0.333. The molecule has 2 aromatic heterocycles. The highest BCUT2D eigenvalue weighted by molar-refractivity contribution is 7.16. The molecule has 1 aromatic carbocycles. The first-order valence-corrected chi connectivity index (χ1v) is 8.44. The van der Waals surface area contributed by atoms with Gasteiger partial charge in [0.1, 0.15) is 17.0 Å². The Morgan fingerprint density at radius 1 is 1.14 bits per heavy atom. The molecule has 1 atom stereocenters. The van der Waals surface area contributed by atoms with Crippen molar-refractivity contribution in [3.05, 3.63) is 52.2 Å². The summed E-state index contributed by atoms with van der Waals surface area (Å²) in [6.45, 7) is 8.76. The van der Waals surface area contributed by atoms with E-state index in [-0.39, 0.29) is 0 Å². The van der Waals surface area contributed by atoms with E-state index in [1.165, 1.54) is 22.3 Å². The quantitative estimate of drug-likeness (QED) is 0.761. The lowest BCUT2D eigenvalue weighted by Gasteiger charge is -2.18. The largest absolute Gasteiger partial charge is 0.367 e. The van der Waals surface area contributed by atoms with Gasteiger partial charge in [0.25, 0.3) is 0 Å². The summed E-state index contributed by atoms with van der Waals surface area (Å²) in [6, 6.07) is 6.92. The summed E-state index contributed by atoms with van der Waals surface area (Å²) < 4.78 is 0. The van der Waals surface area contributed by atoms with E-state index in [9.17, 15) is 0 Å². The molecule has 0 spiro atoms. The minimum Gasteiger partial charge on any atom is -0.367 e. The van der Waals surface area contributed by atoms with Crippen LogP contribution in [0.15, 0.2) is 29.9 Å². The molecule has 3 aromatic rings. The molecule has 0 radical (unpaired) electrons. The molecule has 1 unspecified atom stereocenters. The fourth-order valence-corrected chi connectivity index (χ4v) is 3.76. The molecule has 0 fully saturated rings. The SMILES string of the molecule is Cc1cc(C)c(CC(C)Nc2ncnc3sccc23)c(C)c1. The highest BCUT2D eigenvalue weighted by Gasteiger charge is 2.12. The van der Waals surface area contributed by atoms with Crippen LogP contribution in [0, 0.1) is 20.8 Å². The molecule has 2 heterocycles. The molecule has 114 valence electrons. The Hall–Kier alpha value is -1.94. The number of hydrogen-bond acceptors (Lipinski definition) is 4. The highest BCUT2D eigenvalue weighted by atomic mass is 32.1. The average molecular weight is 311 g/mol. The second-order valence-corrected chi connectivity index (χ2v) is 6.88. The molecule has 0 aliphatic carbocycles. The molecular weight excluding hydrogens is 290 g/mol. The lowest BCUT2D eigenvalue weighted by molar-refractivity contribution is 0.777. The molecule has 0 aliphatic heterocycles. The summed E-state index contributed by atoms with van der Waals surface area (Å²) in [7, 11) is 0. The van der Waals surface area contributed by atoms with Gasteiger partial charge in [0.15, 0.2) is 0 Å². The van der Waals surface area contributed by atoms with Crippen molar-refractivity contribution in [1.29, 1.82) is 0 Å². The maximum atomic E-state index is 4.40. The Morgan fingerprint density at radius 3 is 2.59 bits per heavy atom. The maximum absolute atomic E-state index is 4.40. The number of benzene rings is 1. The van der Waals surface area contributed by atoms with Gasteiger partial charge in [-0.3, -0.25) is 0 Å². The van der Waals surface area contributed by atoms with Crippen LogP contribution in [-0.4, -0.2) is 16.0 Å². The number of thiophene rings is 1. The summed E-state index contributed by atoms with van der Waals surface area (Å²) in [5.74, 6) is 0.932. The number of hydrogen-bond donors (Lipinski definition) is 1. The molecule has 0 aliphatic rings. The highest BCUT2D eigenvalue weighted by Crippen LogP contribution is 2.25. The van der Waals surface area contributed by atoms with Crippen LogP contribution in [0.5, 0.6) is 0 Å². The van der Waals surface area contributed by atoms with Crippen LogP contribution in [0.4, 0.5) is 5.82 Å². The Kier molecular flexibility index (Phi) is 4.12. The summed E-state index contributed by atoms with van der Waals surface area (Å²) in [4.78, 5) is 9.74. The van der Waals surface area contributed by atoms with Crippen molar-refractivity contribution in [2.24, 2.45) is 0 Å².